The van der Waals surface area contributed by atoms with E-state index in [0.29, 0.717) is 47.6 Å². The van der Waals surface area contributed by atoms with Gasteiger partial charge >= 0.3 is 55.4 Å². The summed E-state index contributed by atoms with van der Waals surface area (Å²) >= 11 is 4.44. The van der Waals surface area contributed by atoms with E-state index in [4.69, 9.17) is 0 Å². The van der Waals surface area contributed by atoms with Crippen molar-refractivity contribution in [1.82, 2.24) is 20.2 Å². The Morgan fingerprint density at radius 2 is 0.609 bits per heavy atom. The number of hydrogen-bond acceptors (Lipinski definition) is 6. The third kappa shape index (κ3) is 17.4. The molecule has 0 amide bonds. The number of fused-ring (bicyclic) bond motifs is 2. The van der Waals surface area contributed by atoms with Crippen LogP contribution in [-0.4, -0.2) is 54.1 Å². The molecule has 2 aromatic carbocycles. The van der Waals surface area contributed by atoms with Crippen molar-refractivity contribution in [1.29, 1.82) is 0 Å². The Morgan fingerprint density at radius 3 is 0.828 bits per heavy atom. The minimum Gasteiger partial charge on any atom is -0.596 e. The standard InChI is InChI=1S/2C18H33P.2C7H4N3O.2ClH.2Pd/c2*1-4-10-16(11-5-1)19(17-12-6-2-7-13-17)18-14-8-3-9-15-18;2*11-10-7-4-2-1-3-6(7)8-5-9-10;;;;/h2*16-18H,1-15H2;2*1-4H;2*1H;;/q;;2*-1;;;2*+2/p-2. The quantitative estimate of drug-likeness (QED) is 0.0626. The molecule has 0 saturated heterocycles. The first-order chi connectivity index (χ1) is 31.7. The molecule has 4 aromatic rings. The van der Waals surface area contributed by atoms with Crippen molar-refractivity contribution in [3.05, 3.63) is 71.6 Å². The summed E-state index contributed by atoms with van der Waals surface area (Å²) in [5.41, 5.74) is 9.28. The van der Waals surface area contributed by atoms with Gasteiger partial charge in [0.2, 0.25) is 0 Å². The van der Waals surface area contributed by atoms with Crippen LogP contribution in [0, 0.1) is 23.1 Å². The van der Waals surface area contributed by atoms with Gasteiger partial charge < -0.3 is 20.4 Å². The zero-order chi connectivity index (χ0) is 45.2. The van der Waals surface area contributed by atoms with Crippen LogP contribution < -0.4 is 9.69 Å². The molecule has 360 valence electrons. The van der Waals surface area contributed by atoms with E-state index in [1.54, 1.807) is 190 Å². The fourth-order valence-electron chi connectivity index (χ4n) is 11.8. The Hall–Kier alpha value is -0.655. The van der Waals surface area contributed by atoms with Crippen molar-refractivity contribution in [2.45, 2.75) is 227 Å². The first-order valence-corrected chi connectivity index (χ1v) is 32.0. The monoisotopic (exact) mass is 1130 g/mol. The molecule has 6 saturated carbocycles. The van der Waals surface area contributed by atoms with Gasteiger partial charge in [-0.1, -0.05) is 176 Å². The fourth-order valence-corrected chi connectivity index (χ4v) is 21.2. The molecule has 0 unspecified atom stereocenters. The van der Waals surface area contributed by atoms with Gasteiger partial charge in [-0.15, -0.1) is 12.1 Å². The maximum atomic E-state index is 10.9. The van der Waals surface area contributed by atoms with E-state index in [1.807, 2.05) is 12.1 Å². The number of para-hydroxylation sites is 4. The SMILES string of the molecule is C1CCC(P(C2CCCCC2)C2CCCCC2)CC1.C1CCC(P(C2CCCCC2)C2CCCCC2)CC1.[Cl][Pd+].[Cl][Pd+].[O-][n+]1n[c-]nc2ccccc21.[O-][n+]1n[c-]nc2ccccc21. The maximum absolute atomic E-state index is 10.9. The normalized spacial score (nSPS) is 20.9. The Balaban J connectivity index is 0.000000161. The Kier molecular flexibility index (Phi) is 27.3. The van der Waals surface area contributed by atoms with Gasteiger partial charge in [-0.2, -0.15) is 0 Å². The van der Waals surface area contributed by atoms with Crippen molar-refractivity contribution < 1.29 is 46.1 Å². The Morgan fingerprint density at radius 1 is 0.391 bits per heavy atom. The van der Waals surface area contributed by atoms with Crippen LogP contribution in [0.15, 0.2) is 48.5 Å². The van der Waals surface area contributed by atoms with Gasteiger partial charge in [0, 0.05) is 12.7 Å². The van der Waals surface area contributed by atoms with Gasteiger partial charge in [0.05, 0.1) is 0 Å². The predicted molar refractivity (Wildman–Crippen MR) is 261 cm³/mol. The van der Waals surface area contributed by atoms with Crippen LogP contribution in [0.25, 0.3) is 22.1 Å². The summed E-state index contributed by atoms with van der Waals surface area (Å²) in [6.07, 6.45) is 51.7. The van der Waals surface area contributed by atoms with Crippen LogP contribution in [0.3, 0.4) is 0 Å². The number of benzene rings is 2. The van der Waals surface area contributed by atoms with Crippen LogP contribution >= 0.6 is 34.9 Å². The molecule has 6 aliphatic carbocycles. The zero-order valence-corrected chi connectivity index (χ0v) is 44.5. The van der Waals surface area contributed by atoms with Crippen LogP contribution in [0.5, 0.6) is 0 Å². The molecule has 6 fully saturated rings. The van der Waals surface area contributed by atoms with Crippen molar-refractivity contribution in [3.8, 4) is 0 Å². The van der Waals surface area contributed by atoms with E-state index in [1.165, 1.54) is 72.5 Å². The molecular formula is C50H74Cl2N6O2P2Pd2. The second-order valence-corrected chi connectivity index (χ2v) is 25.0. The van der Waals surface area contributed by atoms with E-state index >= 15 is 0 Å². The fraction of sp³-hybridized carbons (Fsp3) is 0.720. The second-order valence-electron chi connectivity index (χ2n) is 18.8. The molecule has 0 N–H and O–H groups in total. The van der Waals surface area contributed by atoms with Gasteiger partial charge in [-0.25, -0.2) is 0 Å². The molecule has 0 spiro atoms. The topological polar surface area (TPSA) is 105 Å². The average Bonchev–Trinajstić information content (AvgIpc) is 3.38. The molecule has 0 atom stereocenters. The van der Waals surface area contributed by atoms with E-state index in [9.17, 15) is 10.4 Å². The third-order valence-corrected chi connectivity index (χ3v) is 22.9. The van der Waals surface area contributed by atoms with Crippen LogP contribution in [-0.2, 0) is 36.4 Å². The first-order valence-electron chi connectivity index (χ1n) is 24.9. The number of aromatic nitrogens is 6. The number of rotatable bonds is 6. The molecule has 2 heterocycles. The van der Waals surface area contributed by atoms with Gasteiger partial charge in [0.1, 0.15) is 0 Å². The van der Waals surface area contributed by atoms with Gasteiger partial charge in [-0.3, -0.25) is 0 Å². The number of halogens is 2. The third-order valence-electron chi connectivity index (χ3n) is 14.8. The van der Waals surface area contributed by atoms with Gasteiger partial charge in [0.15, 0.2) is 11.0 Å². The molecule has 64 heavy (non-hydrogen) atoms. The molecule has 2 aromatic heterocycles. The number of hydrogen-bond donors (Lipinski definition) is 0. The summed E-state index contributed by atoms with van der Waals surface area (Å²) in [5.74, 6) is 0. The van der Waals surface area contributed by atoms with Crippen LogP contribution in [0.2, 0.25) is 0 Å². The summed E-state index contributed by atoms with van der Waals surface area (Å²) in [7, 11) is 9.75. The number of nitrogens with zero attached hydrogens (tertiary/aromatic N) is 6. The van der Waals surface area contributed by atoms with Crippen molar-refractivity contribution in [2.24, 2.45) is 0 Å². The van der Waals surface area contributed by atoms with Gasteiger partial charge in [-0.05, 0) is 134 Å². The molecule has 14 heteroatoms. The van der Waals surface area contributed by atoms with E-state index in [0.717, 1.165) is 0 Å². The molecule has 6 aliphatic rings. The molecule has 8 nitrogen and oxygen atoms in total. The average molecular weight is 1140 g/mol. The second kappa shape index (κ2) is 32.2. The summed E-state index contributed by atoms with van der Waals surface area (Å²) in [5, 5.41) is 28.5. The first kappa shape index (κ1) is 54.3. The summed E-state index contributed by atoms with van der Waals surface area (Å²) in [4.78, 5) is 8.57. The van der Waals surface area contributed by atoms with Crippen molar-refractivity contribution >= 4 is 57.0 Å². The van der Waals surface area contributed by atoms with E-state index in [-0.39, 0.29) is 0 Å². The van der Waals surface area contributed by atoms with Gasteiger partial charge in [0.25, 0.3) is 0 Å². The summed E-state index contributed by atoms with van der Waals surface area (Å²) in [6.45, 7) is 0. The molecule has 10 rings (SSSR count). The Labute approximate surface area is 418 Å². The Bertz CT molecular complexity index is 1600. The summed E-state index contributed by atoms with van der Waals surface area (Å²) in [6, 6.07) is 13.9. The maximum Gasteiger partial charge on any atom is 0.190 e. The molecular weight excluding hydrogens is 1060 g/mol. The minimum absolute atomic E-state index is 0.385. The van der Waals surface area contributed by atoms with Crippen LogP contribution in [0.1, 0.15) is 193 Å². The largest absolute Gasteiger partial charge is 0.596 e. The molecule has 0 radical (unpaired) electrons. The van der Waals surface area contributed by atoms with Crippen LogP contribution in [0.4, 0.5) is 0 Å². The smallest absolute Gasteiger partial charge is 0.190 e. The van der Waals surface area contributed by atoms with Crippen molar-refractivity contribution in [2.75, 3.05) is 0 Å². The van der Waals surface area contributed by atoms with E-state index < -0.39 is 0 Å². The zero-order valence-electron chi connectivity index (χ0n) is 38.1. The molecule has 0 bridgehead atoms. The predicted octanol–water partition coefficient (Wildman–Crippen LogP) is 14.4. The van der Waals surface area contributed by atoms with E-state index in [2.05, 4.69) is 88.2 Å². The molecule has 0 aliphatic heterocycles. The van der Waals surface area contributed by atoms with Crippen molar-refractivity contribution in [3.63, 3.8) is 0 Å². The minimum atomic E-state index is 0.385. The summed E-state index contributed by atoms with van der Waals surface area (Å²) < 4.78 is 0.